The van der Waals surface area contributed by atoms with Gasteiger partial charge in [-0.15, -0.1) is 10.2 Å². The van der Waals surface area contributed by atoms with Crippen LogP contribution in [-0.4, -0.2) is 45.9 Å². The fourth-order valence-corrected chi connectivity index (χ4v) is 2.15. The van der Waals surface area contributed by atoms with Gasteiger partial charge in [0.1, 0.15) is 11.6 Å². The zero-order valence-corrected chi connectivity index (χ0v) is 13.8. The van der Waals surface area contributed by atoms with Crippen molar-refractivity contribution in [3.8, 4) is 17.1 Å². The maximum absolute atomic E-state index is 12.3. The number of H-pyrrole nitrogens is 1. The van der Waals surface area contributed by atoms with Gasteiger partial charge in [-0.3, -0.25) is 4.79 Å². The van der Waals surface area contributed by atoms with Gasteiger partial charge < -0.3 is 14.6 Å². The molecule has 0 amide bonds. The highest BCUT2D eigenvalue weighted by atomic mass is 16.5. The van der Waals surface area contributed by atoms with E-state index in [0.717, 1.165) is 6.42 Å². The molecular formula is C16H18N6O2. The molecular weight excluding hydrogens is 308 g/mol. The van der Waals surface area contributed by atoms with E-state index in [1.54, 1.807) is 19.0 Å². The van der Waals surface area contributed by atoms with Gasteiger partial charge in [-0.2, -0.15) is 4.98 Å². The van der Waals surface area contributed by atoms with Crippen molar-refractivity contribution in [3.63, 3.8) is 0 Å². The summed E-state index contributed by atoms with van der Waals surface area (Å²) in [7, 11) is 3.59. The molecule has 1 N–H and O–H groups in total. The molecule has 0 saturated carbocycles. The molecule has 0 fully saturated rings. The first kappa shape index (κ1) is 15.9. The zero-order valence-electron chi connectivity index (χ0n) is 13.8. The molecule has 0 saturated heterocycles. The molecule has 24 heavy (non-hydrogen) atoms. The fraction of sp³-hybridized carbons (Fsp3) is 0.312. The Labute approximate surface area is 138 Å². The van der Waals surface area contributed by atoms with E-state index in [2.05, 4.69) is 25.1 Å². The molecule has 2 heterocycles. The molecule has 0 unspecified atom stereocenters. The second kappa shape index (κ2) is 6.61. The smallest absolute Gasteiger partial charge is 0.281 e. The fourth-order valence-electron chi connectivity index (χ4n) is 2.15. The van der Waals surface area contributed by atoms with Crippen LogP contribution in [0.3, 0.4) is 0 Å². The van der Waals surface area contributed by atoms with Crippen LogP contribution in [0.4, 0.5) is 5.95 Å². The summed E-state index contributed by atoms with van der Waals surface area (Å²) in [4.78, 5) is 25.5. The number of benzene rings is 1. The SMILES string of the molecule is CCCOc1ccccc1-c1nc2nc(N(C)C)nnc2c(=O)[nH]1. The minimum absolute atomic E-state index is 0.108. The minimum Gasteiger partial charge on any atom is -0.493 e. The Balaban J connectivity index is 2.15. The maximum atomic E-state index is 12.3. The van der Waals surface area contributed by atoms with E-state index < -0.39 is 0 Å². The van der Waals surface area contributed by atoms with Crippen molar-refractivity contribution in [2.24, 2.45) is 0 Å². The third-order valence-corrected chi connectivity index (χ3v) is 3.33. The maximum Gasteiger partial charge on any atom is 0.281 e. The number of hydrogen-bond acceptors (Lipinski definition) is 7. The molecule has 0 radical (unpaired) electrons. The van der Waals surface area contributed by atoms with Crippen molar-refractivity contribution in [3.05, 3.63) is 34.6 Å². The van der Waals surface area contributed by atoms with Crippen LogP contribution in [0.2, 0.25) is 0 Å². The number of nitrogens with zero attached hydrogens (tertiary/aromatic N) is 5. The van der Waals surface area contributed by atoms with Crippen molar-refractivity contribution >= 4 is 17.1 Å². The molecule has 8 nitrogen and oxygen atoms in total. The van der Waals surface area contributed by atoms with Gasteiger partial charge in [0.05, 0.1) is 12.2 Å². The summed E-state index contributed by atoms with van der Waals surface area (Å²) in [6.07, 6.45) is 0.888. The Hall–Kier alpha value is -3.03. The molecule has 1 aromatic carbocycles. The summed E-state index contributed by atoms with van der Waals surface area (Å²) in [6, 6.07) is 7.43. The summed E-state index contributed by atoms with van der Waals surface area (Å²) in [6.45, 7) is 2.62. The number of rotatable bonds is 5. The average Bonchev–Trinajstić information content (AvgIpc) is 2.59. The summed E-state index contributed by atoms with van der Waals surface area (Å²) in [5.74, 6) is 1.45. The highest BCUT2D eigenvalue weighted by molar-refractivity contribution is 5.73. The number of aromatic amines is 1. The number of hydrogen-bond donors (Lipinski definition) is 1. The number of anilines is 1. The third kappa shape index (κ3) is 3.03. The van der Waals surface area contributed by atoms with Crippen molar-refractivity contribution in [1.29, 1.82) is 0 Å². The lowest BCUT2D eigenvalue weighted by atomic mass is 10.2. The van der Waals surface area contributed by atoms with Crippen LogP contribution in [0.15, 0.2) is 29.1 Å². The van der Waals surface area contributed by atoms with E-state index in [4.69, 9.17) is 4.74 Å². The average molecular weight is 326 g/mol. The molecule has 0 aliphatic rings. The second-order valence-electron chi connectivity index (χ2n) is 5.44. The Morgan fingerprint density at radius 3 is 2.71 bits per heavy atom. The number of para-hydroxylation sites is 1. The van der Waals surface area contributed by atoms with Crippen LogP contribution in [0, 0.1) is 0 Å². The van der Waals surface area contributed by atoms with Gasteiger partial charge in [0.2, 0.25) is 5.95 Å². The van der Waals surface area contributed by atoms with Crippen LogP contribution >= 0.6 is 0 Å². The van der Waals surface area contributed by atoms with Crippen LogP contribution in [-0.2, 0) is 0 Å². The van der Waals surface area contributed by atoms with Crippen molar-refractivity contribution in [1.82, 2.24) is 25.1 Å². The molecule has 3 rings (SSSR count). The Kier molecular flexibility index (Phi) is 4.37. The van der Waals surface area contributed by atoms with E-state index in [9.17, 15) is 4.79 Å². The summed E-state index contributed by atoms with van der Waals surface area (Å²) < 4.78 is 5.74. The highest BCUT2D eigenvalue weighted by Crippen LogP contribution is 2.27. The lowest BCUT2D eigenvalue weighted by molar-refractivity contribution is 0.318. The number of nitrogens with one attached hydrogen (secondary N) is 1. The van der Waals surface area contributed by atoms with E-state index >= 15 is 0 Å². The molecule has 0 aliphatic heterocycles. The van der Waals surface area contributed by atoms with Gasteiger partial charge in [0.25, 0.3) is 5.56 Å². The van der Waals surface area contributed by atoms with E-state index in [1.165, 1.54) is 0 Å². The normalized spacial score (nSPS) is 10.8. The van der Waals surface area contributed by atoms with Crippen molar-refractivity contribution in [2.45, 2.75) is 13.3 Å². The van der Waals surface area contributed by atoms with Crippen molar-refractivity contribution in [2.75, 3.05) is 25.6 Å². The van der Waals surface area contributed by atoms with Gasteiger partial charge in [0.15, 0.2) is 11.2 Å². The van der Waals surface area contributed by atoms with Gasteiger partial charge in [0, 0.05) is 14.1 Å². The first-order valence-electron chi connectivity index (χ1n) is 7.64. The Bertz CT molecular complexity index is 922. The first-order chi connectivity index (χ1) is 11.6. The van der Waals surface area contributed by atoms with Crippen LogP contribution in [0.5, 0.6) is 5.75 Å². The van der Waals surface area contributed by atoms with E-state index in [-0.39, 0.29) is 16.7 Å². The summed E-state index contributed by atoms with van der Waals surface area (Å²) in [5.41, 5.74) is 0.676. The zero-order chi connectivity index (χ0) is 17.1. The molecule has 0 atom stereocenters. The first-order valence-corrected chi connectivity index (χ1v) is 7.64. The minimum atomic E-state index is -0.384. The molecule has 0 bridgehead atoms. The van der Waals surface area contributed by atoms with Crippen LogP contribution in [0.1, 0.15) is 13.3 Å². The van der Waals surface area contributed by atoms with Gasteiger partial charge in [-0.05, 0) is 18.6 Å². The molecule has 0 spiro atoms. The molecule has 0 aliphatic carbocycles. The van der Waals surface area contributed by atoms with Gasteiger partial charge >= 0.3 is 0 Å². The van der Waals surface area contributed by atoms with Gasteiger partial charge in [-0.1, -0.05) is 19.1 Å². The topological polar surface area (TPSA) is 96.9 Å². The number of fused-ring (bicyclic) bond motifs is 1. The largest absolute Gasteiger partial charge is 0.493 e. The highest BCUT2D eigenvalue weighted by Gasteiger charge is 2.14. The molecule has 2 aromatic heterocycles. The van der Waals surface area contributed by atoms with E-state index in [0.29, 0.717) is 29.7 Å². The number of aromatic nitrogens is 5. The predicted octanol–water partition coefficient (Wildman–Crippen LogP) is 1.63. The molecule has 124 valence electrons. The van der Waals surface area contributed by atoms with Crippen molar-refractivity contribution < 1.29 is 4.74 Å². The van der Waals surface area contributed by atoms with Crippen LogP contribution < -0.4 is 15.2 Å². The van der Waals surface area contributed by atoms with E-state index in [1.807, 2.05) is 31.2 Å². The summed E-state index contributed by atoms with van der Waals surface area (Å²) >= 11 is 0. The molecule has 8 heteroatoms. The summed E-state index contributed by atoms with van der Waals surface area (Å²) in [5, 5.41) is 7.82. The Morgan fingerprint density at radius 1 is 1.17 bits per heavy atom. The lowest BCUT2D eigenvalue weighted by Crippen LogP contribution is -2.18. The van der Waals surface area contributed by atoms with Gasteiger partial charge in [-0.25, -0.2) is 4.98 Å². The third-order valence-electron chi connectivity index (χ3n) is 3.33. The van der Waals surface area contributed by atoms with Crippen LogP contribution in [0.25, 0.3) is 22.6 Å². The number of ether oxygens (including phenoxy) is 1. The second-order valence-corrected chi connectivity index (χ2v) is 5.44. The lowest BCUT2D eigenvalue weighted by Gasteiger charge is -2.11. The Morgan fingerprint density at radius 2 is 1.96 bits per heavy atom. The molecule has 3 aromatic rings. The standard InChI is InChI=1S/C16H18N6O2/c1-4-9-24-11-8-6-5-7-10(11)13-17-14-12(15(23)18-13)20-21-16(19-14)22(2)3/h5-8H,4,9H2,1-3H3,(H,17,18,19,21,23). The quantitative estimate of drug-likeness (QED) is 0.761. The monoisotopic (exact) mass is 326 g/mol. The predicted molar refractivity (Wildman–Crippen MR) is 91.3 cm³/mol.